The summed E-state index contributed by atoms with van der Waals surface area (Å²) in [6.45, 7) is 2.44. The molecule has 0 aromatic carbocycles. The molecular formula is C7H14FNO. The maximum atomic E-state index is 11.5. The number of halogens is 1. The van der Waals surface area contributed by atoms with Gasteiger partial charge in [-0.05, 0) is 12.8 Å². The Balaban J connectivity index is 1.76. The summed E-state index contributed by atoms with van der Waals surface area (Å²) in [4.78, 5) is 0. The standard InChI is InChI=1S/C7H14FNO/c8-3-1-2-4-10-7-5-9-6-7/h7,9H,1-6H2. The molecule has 1 rings (SSSR count). The second-order valence-electron chi connectivity index (χ2n) is 2.55. The van der Waals surface area contributed by atoms with Gasteiger partial charge in [-0.3, -0.25) is 4.39 Å². The second-order valence-corrected chi connectivity index (χ2v) is 2.55. The molecule has 0 aliphatic carbocycles. The topological polar surface area (TPSA) is 21.3 Å². The highest BCUT2D eigenvalue weighted by atomic mass is 19.1. The molecule has 0 unspecified atom stereocenters. The SMILES string of the molecule is FCCCCOC1CNC1. The molecular weight excluding hydrogens is 133 g/mol. The first-order chi connectivity index (χ1) is 4.93. The highest BCUT2D eigenvalue weighted by Crippen LogP contribution is 1.99. The van der Waals surface area contributed by atoms with E-state index in [2.05, 4.69) is 5.32 Å². The van der Waals surface area contributed by atoms with Gasteiger partial charge in [-0.2, -0.15) is 0 Å². The maximum Gasteiger partial charge on any atom is 0.0895 e. The van der Waals surface area contributed by atoms with Crippen LogP contribution < -0.4 is 5.32 Å². The van der Waals surface area contributed by atoms with Crippen molar-refractivity contribution in [3.05, 3.63) is 0 Å². The van der Waals surface area contributed by atoms with Gasteiger partial charge in [0.05, 0.1) is 12.8 Å². The summed E-state index contributed by atoms with van der Waals surface area (Å²) < 4.78 is 16.9. The normalized spacial score (nSPS) is 18.9. The van der Waals surface area contributed by atoms with Gasteiger partial charge in [0.25, 0.3) is 0 Å². The fourth-order valence-electron chi connectivity index (χ4n) is 0.827. The van der Waals surface area contributed by atoms with E-state index in [9.17, 15) is 4.39 Å². The summed E-state index contributed by atoms with van der Waals surface area (Å²) in [6.07, 6.45) is 1.90. The summed E-state index contributed by atoms with van der Waals surface area (Å²) in [5.74, 6) is 0. The molecule has 0 spiro atoms. The van der Waals surface area contributed by atoms with Gasteiger partial charge < -0.3 is 10.1 Å². The van der Waals surface area contributed by atoms with Crippen LogP contribution in [0.1, 0.15) is 12.8 Å². The Bertz CT molecular complexity index is 85.7. The van der Waals surface area contributed by atoms with Crippen molar-refractivity contribution in [2.24, 2.45) is 0 Å². The van der Waals surface area contributed by atoms with Gasteiger partial charge in [0.1, 0.15) is 0 Å². The van der Waals surface area contributed by atoms with Crippen LogP contribution in [0.15, 0.2) is 0 Å². The average Bonchev–Trinajstić information content (AvgIpc) is 1.84. The lowest BCUT2D eigenvalue weighted by atomic mass is 10.2. The zero-order valence-corrected chi connectivity index (χ0v) is 6.11. The molecule has 1 N–H and O–H groups in total. The predicted octanol–water partition coefficient (Wildman–Crippen LogP) is 0.724. The minimum Gasteiger partial charge on any atom is -0.376 e. The van der Waals surface area contributed by atoms with Crippen molar-refractivity contribution in [1.29, 1.82) is 0 Å². The maximum absolute atomic E-state index is 11.5. The van der Waals surface area contributed by atoms with Crippen LogP contribution in [0.4, 0.5) is 4.39 Å². The molecule has 1 saturated heterocycles. The molecule has 0 aromatic heterocycles. The van der Waals surface area contributed by atoms with Crippen LogP contribution in [0, 0.1) is 0 Å². The second kappa shape index (κ2) is 4.63. The molecule has 0 saturated carbocycles. The lowest BCUT2D eigenvalue weighted by Crippen LogP contribution is -2.48. The van der Waals surface area contributed by atoms with Crippen LogP contribution in [0.5, 0.6) is 0 Å². The number of rotatable bonds is 5. The quantitative estimate of drug-likeness (QED) is 0.579. The van der Waals surface area contributed by atoms with Crippen molar-refractivity contribution < 1.29 is 9.13 Å². The Morgan fingerprint density at radius 1 is 1.40 bits per heavy atom. The van der Waals surface area contributed by atoms with Gasteiger partial charge in [0.2, 0.25) is 0 Å². The molecule has 1 fully saturated rings. The van der Waals surface area contributed by atoms with Gasteiger partial charge in [-0.1, -0.05) is 0 Å². The Morgan fingerprint density at radius 3 is 2.70 bits per heavy atom. The zero-order chi connectivity index (χ0) is 7.23. The molecule has 60 valence electrons. The van der Waals surface area contributed by atoms with Crippen LogP contribution in [0.25, 0.3) is 0 Å². The summed E-state index contributed by atoms with van der Waals surface area (Å²) in [5, 5.41) is 3.10. The van der Waals surface area contributed by atoms with E-state index < -0.39 is 0 Å². The number of unbranched alkanes of at least 4 members (excludes halogenated alkanes) is 1. The molecule has 10 heavy (non-hydrogen) atoms. The lowest BCUT2D eigenvalue weighted by molar-refractivity contribution is 0.0166. The van der Waals surface area contributed by atoms with Gasteiger partial charge in [-0.15, -0.1) is 0 Å². The predicted molar refractivity (Wildman–Crippen MR) is 37.8 cm³/mol. The summed E-state index contributed by atoms with van der Waals surface area (Å²) in [5.41, 5.74) is 0. The largest absolute Gasteiger partial charge is 0.376 e. The molecule has 3 heteroatoms. The summed E-state index contributed by atoms with van der Waals surface area (Å²) >= 11 is 0. The first-order valence-electron chi connectivity index (χ1n) is 3.82. The molecule has 2 nitrogen and oxygen atoms in total. The van der Waals surface area contributed by atoms with Crippen molar-refractivity contribution in [3.63, 3.8) is 0 Å². The molecule has 1 heterocycles. The van der Waals surface area contributed by atoms with Crippen molar-refractivity contribution >= 4 is 0 Å². The van der Waals surface area contributed by atoms with Crippen molar-refractivity contribution in [1.82, 2.24) is 5.32 Å². The molecule has 0 aromatic rings. The van der Waals surface area contributed by atoms with Crippen LogP contribution >= 0.6 is 0 Å². The van der Waals surface area contributed by atoms with E-state index in [-0.39, 0.29) is 6.67 Å². The van der Waals surface area contributed by atoms with Crippen LogP contribution in [0.3, 0.4) is 0 Å². The van der Waals surface area contributed by atoms with E-state index in [1.54, 1.807) is 0 Å². The highest BCUT2D eigenvalue weighted by molar-refractivity contribution is 4.74. The van der Waals surface area contributed by atoms with Crippen molar-refractivity contribution in [2.75, 3.05) is 26.4 Å². The summed E-state index contributed by atoms with van der Waals surface area (Å²) in [6, 6.07) is 0. The number of nitrogens with one attached hydrogen (secondary N) is 1. The number of ether oxygens (including phenoxy) is 1. The van der Waals surface area contributed by atoms with E-state index in [1.807, 2.05) is 0 Å². The van der Waals surface area contributed by atoms with E-state index in [0.717, 1.165) is 26.1 Å². The van der Waals surface area contributed by atoms with Gasteiger partial charge >= 0.3 is 0 Å². The van der Waals surface area contributed by atoms with E-state index >= 15 is 0 Å². The van der Waals surface area contributed by atoms with E-state index in [1.165, 1.54) is 0 Å². The number of alkyl halides is 1. The van der Waals surface area contributed by atoms with E-state index in [0.29, 0.717) is 12.5 Å². The molecule has 0 bridgehead atoms. The third-order valence-electron chi connectivity index (χ3n) is 1.63. The number of hydrogen-bond acceptors (Lipinski definition) is 2. The smallest absolute Gasteiger partial charge is 0.0895 e. The molecule has 1 aliphatic rings. The molecule has 0 amide bonds. The first-order valence-corrected chi connectivity index (χ1v) is 3.82. The van der Waals surface area contributed by atoms with Crippen LogP contribution in [-0.4, -0.2) is 32.5 Å². The minimum absolute atomic E-state index is 0.216. The average molecular weight is 147 g/mol. The van der Waals surface area contributed by atoms with Crippen molar-refractivity contribution in [3.8, 4) is 0 Å². The molecule has 0 atom stereocenters. The first kappa shape index (κ1) is 7.95. The van der Waals surface area contributed by atoms with Crippen LogP contribution in [-0.2, 0) is 4.74 Å². The van der Waals surface area contributed by atoms with Crippen molar-refractivity contribution in [2.45, 2.75) is 18.9 Å². The fraction of sp³-hybridized carbons (Fsp3) is 1.00. The lowest BCUT2D eigenvalue weighted by Gasteiger charge is -2.26. The van der Waals surface area contributed by atoms with Crippen LogP contribution in [0.2, 0.25) is 0 Å². The number of hydrogen-bond donors (Lipinski definition) is 1. The van der Waals surface area contributed by atoms with Gasteiger partial charge in [0.15, 0.2) is 0 Å². The Kier molecular flexibility index (Phi) is 3.68. The van der Waals surface area contributed by atoms with Gasteiger partial charge in [-0.25, -0.2) is 0 Å². The molecule has 1 aliphatic heterocycles. The third-order valence-corrected chi connectivity index (χ3v) is 1.63. The minimum atomic E-state index is -0.216. The Labute approximate surface area is 60.8 Å². The highest BCUT2D eigenvalue weighted by Gasteiger charge is 2.15. The zero-order valence-electron chi connectivity index (χ0n) is 6.11. The third kappa shape index (κ3) is 2.62. The Hall–Kier alpha value is -0.150. The van der Waals surface area contributed by atoms with E-state index in [4.69, 9.17) is 4.74 Å². The monoisotopic (exact) mass is 147 g/mol. The Morgan fingerprint density at radius 2 is 2.20 bits per heavy atom. The van der Waals surface area contributed by atoms with Gasteiger partial charge in [0, 0.05) is 19.7 Å². The summed E-state index contributed by atoms with van der Waals surface area (Å²) in [7, 11) is 0. The fourth-order valence-corrected chi connectivity index (χ4v) is 0.827. The molecule has 0 radical (unpaired) electrons.